The Morgan fingerprint density at radius 3 is 2.72 bits per heavy atom. The van der Waals surface area contributed by atoms with E-state index in [1.165, 1.54) is 23.3 Å². The van der Waals surface area contributed by atoms with Gasteiger partial charge in [0.25, 0.3) is 0 Å². The normalized spacial score (nSPS) is 25.5. The van der Waals surface area contributed by atoms with E-state index >= 15 is 0 Å². The van der Waals surface area contributed by atoms with Gasteiger partial charge in [0, 0.05) is 18.5 Å². The summed E-state index contributed by atoms with van der Waals surface area (Å²) in [6, 6.07) is 13.3. The topological polar surface area (TPSA) is 12.0 Å². The van der Waals surface area contributed by atoms with Gasteiger partial charge in [-0.25, -0.2) is 0 Å². The van der Waals surface area contributed by atoms with Crippen molar-refractivity contribution in [2.75, 3.05) is 6.54 Å². The lowest BCUT2D eigenvalue weighted by molar-refractivity contribution is -0.137. The molecule has 3 atom stereocenters. The average Bonchev–Trinajstić information content (AvgIpc) is 2.97. The lowest BCUT2D eigenvalue weighted by atomic mass is 9.73. The van der Waals surface area contributed by atoms with Gasteiger partial charge in [0.15, 0.2) is 0 Å². The summed E-state index contributed by atoms with van der Waals surface area (Å²) in [6.07, 6.45) is -1.57. The summed E-state index contributed by atoms with van der Waals surface area (Å²) in [6.45, 7) is 2.96. The molecule has 1 nitrogen and oxygen atoms in total. The molecular weight excluding hydrogens is 323 g/mol. The first-order chi connectivity index (χ1) is 11.9. The van der Waals surface area contributed by atoms with Crippen LogP contribution in [0.2, 0.25) is 0 Å². The van der Waals surface area contributed by atoms with Gasteiger partial charge in [-0.05, 0) is 60.9 Å². The van der Waals surface area contributed by atoms with Crippen LogP contribution in [-0.2, 0) is 19.0 Å². The van der Waals surface area contributed by atoms with Crippen LogP contribution in [0.1, 0.15) is 40.2 Å². The molecule has 2 aromatic carbocycles. The Hall–Kier alpha value is -1.81. The minimum atomic E-state index is -4.26. The van der Waals surface area contributed by atoms with Crippen molar-refractivity contribution in [3.8, 4) is 0 Å². The smallest absolute Gasteiger partial charge is 0.313 e. The number of hydrogen-bond acceptors (Lipinski definition) is 1. The van der Waals surface area contributed by atoms with Crippen LogP contribution < -0.4 is 5.32 Å². The maximum Gasteiger partial charge on any atom is 0.416 e. The van der Waals surface area contributed by atoms with Crippen LogP contribution in [-0.4, -0.2) is 12.6 Å². The maximum absolute atomic E-state index is 13.0. The molecule has 0 saturated carbocycles. The maximum atomic E-state index is 13.0. The van der Waals surface area contributed by atoms with Crippen molar-refractivity contribution in [2.45, 2.75) is 44.3 Å². The third-order valence-electron chi connectivity index (χ3n) is 5.79. The number of aryl methyl sites for hydroxylation is 2. The van der Waals surface area contributed by atoms with E-state index < -0.39 is 11.7 Å². The van der Waals surface area contributed by atoms with Gasteiger partial charge < -0.3 is 5.32 Å². The van der Waals surface area contributed by atoms with Crippen molar-refractivity contribution in [3.63, 3.8) is 0 Å². The van der Waals surface area contributed by atoms with E-state index in [9.17, 15) is 13.2 Å². The molecule has 0 radical (unpaired) electrons. The van der Waals surface area contributed by atoms with Crippen molar-refractivity contribution in [2.24, 2.45) is 5.92 Å². The minimum absolute atomic E-state index is 0.334. The fourth-order valence-electron chi connectivity index (χ4n) is 4.60. The number of benzene rings is 2. The molecule has 1 N–H and O–H groups in total. The highest BCUT2D eigenvalue weighted by Crippen LogP contribution is 2.43. The highest BCUT2D eigenvalue weighted by molar-refractivity contribution is 5.40. The largest absolute Gasteiger partial charge is 0.416 e. The van der Waals surface area contributed by atoms with E-state index in [1.54, 1.807) is 6.07 Å². The highest BCUT2D eigenvalue weighted by Gasteiger charge is 2.40. The molecule has 2 aromatic rings. The number of alkyl halides is 3. The molecule has 1 saturated heterocycles. The second-order valence-corrected chi connectivity index (χ2v) is 7.43. The molecule has 0 spiro atoms. The van der Waals surface area contributed by atoms with Crippen molar-refractivity contribution < 1.29 is 13.2 Å². The number of hydrogen-bond donors (Lipinski definition) is 1. The summed E-state index contributed by atoms with van der Waals surface area (Å²) in [5, 5.41) is 3.63. The van der Waals surface area contributed by atoms with Gasteiger partial charge in [-0.2, -0.15) is 13.2 Å². The summed E-state index contributed by atoms with van der Waals surface area (Å²) >= 11 is 0. The first-order valence-electron chi connectivity index (χ1n) is 8.91. The van der Waals surface area contributed by atoms with E-state index in [2.05, 4.69) is 36.5 Å². The van der Waals surface area contributed by atoms with E-state index in [4.69, 9.17) is 0 Å². The Balaban J connectivity index is 1.55. The summed E-state index contributed by atoms with van der Waals surface area (Å²) in [4.78, 5) is 0. The molecule has 0 aromatic heterocycles. The molecule has 3 unspecified atom stereocenters. The molecule has 1 aliphatic heterocycles. The van der Waals surface area contributed by atoms with Gasteiger partial charge in [0.05, 0.1) is 5.56 Å². The fourth-order valence-corrected chi connectivity index (χ4v) is 4.60. The number of fused-ring (bicyclic) bond motifs is 3. The fraction of sp³-hybridized carbons (Fsp3) is 0.429. The molecule has 4 rings (SSSR count). The minimum Gasteiger partial charge on any atom is -0.313 e. The first kappa shape index (κ1) is 16.6. The molecule has 2 aliphatic rings. The summed E-state index contributed by atoms with van der Waals surface area (Å²) in [5.74, 6) is 0.839. The SMILES string of the molecule is Cc1cccc(CC2NCC3c4ccc(C(F)(F)F)cc4CCC23)c1. The summed E-state index contributed by atoms with van der Waals surface area (Å²) < 4.78 is 38.9. The third-order valence-corrected chi connectivity index (χ3v) is 5.79. The Labute approximate surface area is 146 Å². The molecule has 1 aliphatic carbocycles. The van der Waals surface area contributed by atoms with Crippen LogP contribution in [0, 0.1) is 12.8 Å². The van der Waals surface area contributed by atoms with Crippen molar-refractivity contribution in [3.05, 3.63) is 70.3 Å². The van der Waals surface area contributed by atoms with Gasteiger partial charge in [0.2, 0.25) is 0 Å². The van der Waals surface area contributed by atoms with Gasteiger partial charge in [-0.1, -0.05) is 35.9 Å². The monoisotopic (exact) mass is 345 g/mol. The van der Waals surface area contributed by atoms with Crippen LogP contribution in [0.4, 0.5) is 13.2 Å². The lowest BCUT2D eigenvalue weighted by Gasteiger charge is -2.31. The van der Waals surface area contributed by atoms with E-state index in [-0.39, 0.29) is 0 Å². The quantitative estimate of drug-likeness (QED) is 0.818. The molecule has 1 heterocycles. The van der Waals surface area contributed by atoms with E-state index in [0.29, 0.717) is 17.9 Å². The van der Waals surface area contributed by atoms with Crippen LogP contribution in [0.25, 0.3) is 0 Å². The Morgan fingerprint density at radius 1 is 1.12 bits per heavy atom. The van der Waals surface area contributed by atoms with E-state index in [0.717, 1.165) is 36.9 Å². The van der Waals surface area contributed by atoms with Crippen LogP contribution >= 0.6 is 0 Å². The third kappa shape index (κ3) is 3.20. The molecule has 0 amide bonds. The van der Waals surface area contributed by atoms with Gasteiger partial charge in [-0.15, -0.1) is 0 Å². The highest BCUT2D eigenvalue weighted by atomic mass is 19.4. The Bertz CT molecular complexity index is 781. The number of halogens is 3. The second-order valence-electron chi connectivity index (χ2n) is 7.43. The molecule has 0 bridgehead atoms. The standard InChI is InChI=1S/C21H22F3N/c1-13-3-2-4-14(9-13)10-20-18-7-5-15-11-16(21(22,23)24)6-8-17(15)19(18)12-25-20/h2-4,6,8-9,11,18-20,25H,5,7,10,12H2,1H3. The molecule has 4 heteroatoms. The second kappa shape index (κ2) is 6.17. The Kier molecular flexibility index (Phi) is 4.11. The number of nitrogens with one attached hydrogen (secondary N) is 1. The number of rotatable bonds is 2. The zero-order chi connectivity index (χ0) is 17.6. The molecular formula is C21H22F3N. The molecule has 1 fully saturated rings. The van der Waals surface area contributed by atoms with Crippen molar-refractivity contribution >= 4 is 0 Å². The van der Waals surface area contributed by atoms with Crippen LogP contribution in [0.5, 0.6) is 0 Å². The predicted molar refractivity (Wildman–Crippen MR) is 92.7 cm³/mol. The zero-order valence-electron chi connectivity index (χ0n) is 14.2. The summed E-state index contributed by atoms with van der Waals surface area (Å²) in [7, 11) is 0. The summed E-state index contributed by atoms with van der Waals surface area (Å²) in [5.41, 5.74) is 4.07. The van der Waals surface area contributed by atoms with Gasteiger partial charge in [-0.3, -0.25) is 0 Å². The van der Waals surface area contributed by atoms with Gasteiger partial charge in [0.1, 0.15) is 0 Å². The van der Waals surface area contributed by atoms with E-state index in [1.807, 2.05) is 0 Å². The van der Waals surface area contributed by atoms with Crippen LogP contribution in [0.3, 0.4) is 0 Å². The van der Waals surface area contributed by atoms with Crippen LogP contribution in [0.15, 0.2) is 42.5 Å². The zero-order valence-corrected chi connectivity index (χ0v) is 14.2. The lowest BCUT2D eigenvalue weighted by Crippen LogP contribution is -2.31. The Morgan fingerprint density at radius 2 is 1.96 bits per heavy atom. The van der Waals surface area contributed by atoms with Gasteiger partial charge >= 0.3 is 6.18 Å². The molecule has 132 valence electrons. The predicted octanol–water partition coefficient (Wildman–Crippen LogP) is 4.87. The average molecular weight is 345 g/mol. The van der Waals surface area contributed by atoms with Crippen molar-refractivity contribution in [1.29, 1.82) is 0 Å². The first-order valence-corrected chi connectivity index (χ1v) is 8.91. The molecule has 25 heavy (non-hydrogen) atoms. The van der Waals surface area contributed by atoms with Crippen molar-refractivity contribution in [1.82, 2.24) is 5.32 Å².